The first-order chi connectivity index (χ1) is 10.0. The van der Waals surface area contributed by atoms with Crippen LogP contribution < -0.4 is 10.6 Å². The highest BCUT2D eigenvalue weighted by Gasteiger charge is 2.37. The first kappa shape index (κ1) is 16.0. The fourth-order valence-electron chi connectivity index (χ4n) is 3.03. The molecular formula is C18H28N2O. The number of hydrogen-bond donors (Lipinski definition) is 2. The lowest BCUT2D eigenvalue weighted by molar-refractivity contribution is -0.132. The molecule has 0 bridgehead atoms. The lowest BCUT2D eigenvalue weighted by Crippen LogP contribution is -2.47. The molecule has 1 fully saturated rings. The maximum atomic E-state index is 12.6. The van der Waals surface area contributed by atoms with E-state index in [1.165, 1.54) is 12.0 Å². The quantitative estimate of drug-likeness (QED) is 0.874. The zero-order valence-corrected chi connectivity index (χ0v) is 13.5. The van der Waals surface area contributed by atoms with E-state index in [2.05, 4.69) is 43.5 Å². The van der Waals surface area contributed by atoms with Crippen LogP contribution in [0.25, 0.3) is 0 Å². The second-order valence-corrected chi connectivity index (χ2v) is 6.79. The number of amides is 1. The van der Waals surface area contributed by atoms with E-state index >= 15 is 0 Å². The van der Waals surface area contributed by atoms with Gasteiger partial charge >= 0.3 is 0 Å². The lowest BCUT2D eigenvalue weighted by atomic mass is 9.74. The van der Waals surface area contributed by atoms with Crippen molar-refractivity contribution in [3.63, 3.8) is 0 Å². The minimum Gasteiger partial charge on any atom is -0.355 e. The van der Waals surface area contributed by atoms with Crippen LogP contribution in [0.15, 0.2) is 30.3 Å². The number of rotatable bonds is 5. The molecule has 0 saturated carbocycles. The van der Waals surface area contributed by atoms with E-state index in [1.807, 2.05) is 18.2 Å². The van der Waals surface area contributed by atoms with Crippen LogP contribution in [-0.4, -0.2) is 25.5 Å². The van der Waals surface area contributed by atoms with Gasteiger partial charge in [0.25, 0.3) is 0 Å². The Morgan fingerprint density at radius 2 is 2.10 bits per heavy atom. The molecule has 1 aliphatic rings. The van der Waals surface area contributed by atoms with Crippen molar-refractivity contribution in [3.05, 3.63) is 35.9 Å². The SMILES string of the molecule is CC(CNC(=O)C(C)(C)C1CCCNC1)c1ccccc1. The summed E-state index contributed by atoms with van der Waals surface area (Å²) >= 11 is 0. The highest BCUT2D eigenvalue weighted by Crippen LogP contribution is 2.32. The zero-order valence-electron chi connectivity index (χ0n) is 13.5. The number of hydrogen-bond acceptors (Lipinski definition) is 2. The van der Waals surface area contributed by atoms with Crippen molar-refractivity contribution in [2.24, 2.45) is 11.3 Å². The van der Waals surface area contributed by atoms with Crippen molar-refractivity contribution in [2.75, 3.05) is 19.6 Å². The molecule has 1 aromatic rings. The van der Waals surface area contributed by atoms with Crippen molar-refractivity contribution < 1.29 is 4.79 Å². The zero-order chi connectivity index (χ0) is 15.3. The van der Waals surface area contributed by atoms with Gasteiger partial charge in [0.15, 0.2) is 0 Å². The maximum absolute atomic E-state index is 12.6. The molecular weight excluding hydrogens is 260 g/mol. The van der Waals surface area contributed by atoms with Gasteiger partial charge in [-0.05, 0) is 43.3 Å². The second kappa shape index (κ2) is 7.08. The third-order valence-electron chi connectivity index (χ3n) is 4.84. The maximum Gasteiger partial charge on any atom is 0.226 e. The van der Waals surface area contributed by atoms with Gasteiger partial charge in [0, 0.05) is 12.0 Å². The minimum atomic E-state index is -0.302. The molecule has 2 rings (SSSR count). The molecule has 0 aromatic heterocycles. The average molecular weight is 288 g/mol. The molecule has 2 atom stereocenters. The van der Waals surface area contributed by atoms with Crippen molar-refractivity contribution in [1.29, 1.82) is 0 Å². The Kier molecular flexibility index (Phi) is 5.40. The largest absolute Gasteiger partial charge is 0.355 e. The molecule has 1 saturated heterocycles. The fourth-order valence-corrected chi connectivity index (χ4v) is 3.03. The van der Waals surface area contributed by atoms with Crippen LogP contribution in [0.4, 0.5) is 0 Å². The molecule has 1 heterocycles. The smallest absolute Gasteiger partial charge is 0.226 e. The highest BCUT2D eigenvalue weighted by atomic mass is 16.2. The fraction of sp³-hybridized carbons (Fsp3) is 0.611. The molecule has 2 unspecified atom stereocenters. The Morgan fingerprint density at radius 1 is 1.38 bits per heavy atom. The van der Waals surface area contributed by atoms with E-state index in [4.69, 9.17) is 0 Å². The van der Waals surface area contributed by atoms with Gasteiger partial charge in [-0.2, -0.15) is 0 Å². The van der Waals surface area contributed by atoms with Crippen molar-refractivity contribution >= 4 is 5.91 Å². The van der Waals surface area contributed by atoms with Gasteiger partial charge in [0.2, 0.25) is 5.91 Å². The lowest BCUT2D eigenvalue weighted by Gasteiger charge is -2.36. The molecule has 0 radical (unpaired) electrons. The van der Waals surface area contributed by atoms with Crippen LogP contribution in [0.2, 0.25) is 0 Å². The average Bonchev–Trinajstić information content (AvgIpc) is 2.53. The van der Waals surface area contributed by atoms with Gasteiger partial charge in [-0.25, -0.2) is 0 Å². The molecule has 3 nitrogen and oxygen atoms in total. The molecule has 1 aliphatic heterocycles. The van der Waals surface area contributed by atoms with Crippen molar-refractivity contribution in [1.82, 2.24) is 10.6 Å². The van der Waals surface area contributed by atoms with E-state index in [0.29, 0.717) is 18.4 Å². The van der Waals surface area contributed by atoms with E-state index < -0.39 is 0 Å². The van der Waals surface area contributed by atoms with E-state index in [1.54, 1.807) is 0 Å². The number of nitrogens with one attached hydrogen (secondary N) is 2. The van der Waals surface area contributed by atoms with Crippen LogP contribution >= 0.6 is 0 Å². The van der Waals surface area contributed by atoms with Gasteiger partial charge in [-0.3, -0.25) is 4.79 Å². The third-order valence-corrected chi connectivity index (χ3v) is 4.84. The summed E-state index contributed by atoms with van der Waals surface area (Å²) in [5.74, 6) is 0.952. The van der Waals surface area contributed by atoms with Crippen LogP contribution in [-0.2, 0) is 4.79 Å². The molecule has 0 aliphatic carbocycles. The standard InChI is InChI=1S/C18H28N2O/c1-14(15-8-5-4-6-9-15)12-20-17(21)18(2,3)16-10-7-11-19-13-16/h4-6,8-9,14,16,19H,7,10-13H2,1-3H3,(H,20,21). The molecule has 3 heteroatoms. The van der Waals surface area contributed by atoms with E-state index in [9.17, 15) is 4.79 Å². The summed E-state index contributed by atoms with van der Waals surface area (Å²) in [7, 11) is 0. The topological polar surface area (TPSA) is 41.1 Å². The summed E-state index contributed by atoms with van der Waals surface area (Å²) in [5, 5.41) is 6.56. The molecule has 1 aromatic carbocycles. The molecule has 0 spiro atoms. The van der Waals surface area contributed by atoms with Crippen LogP contribution in [0, 0.1) is 11.3 Å². The summed E-state index contributed by atoms with van der Waals surface area (Å²) in [6.07, 6.45) is 2.31. The predicted octanol–water partition coefficient (Wildman–Crippen LogP) is 2.93. The monoisotopic (exact) mass is 288 g/mol. The first-order valence-corrected chi connectivity index (χ1v) is 8.05. The first-order valence-electron chi connectivity index (χ1n) is 8.05. The normalized spacial score (nSPS) is 20.8. The van der Waals surface area contributed by atoms with Gasteiger partial charge in [-0.1, -0.05) is 51.1 Å². The Hall–Kier alpha value is -1.35. The van der Waals surface area contributed by atoms with Gasteiger partial charge in [-0.15, -0.1) is 0 Å². The Balaban J connectivity index is 1.88. The second-order valence-electron chi connectivity index (χ2n) is 6.79. The molecule has 21 heavy (non-hydrogen) atoms. The van der Waals surface area contributed by atoms with E-state index in [0.717, 1.165) is 19.5 Å². The number of carbonyl (C=O) groups is 1. The Morgan fingerprint density at radius 3 is 2.71 bits per heavy atom. The number of carbonyl (C=O) groups excluding carboxylic acids is 1. The van der Waals surface area contributed by atoms with Crippen LogP contribution in [0.5, 0.6) is 0 Å². The van der Waals surface area contributed by atoms with Gasteiger partial charge < -0.3 is 10.6 Å². The summed E-state index contributed by atoms with van der Waals surface area (Å²) in [6.45, 7) is 9.05. The highest BCUT2D eigenvalue weighted by molar-refractivity contribution is 5.82. The molecule has 116 valence electrons. The summed E-state index contributed by atoms with van der Waals surface area (Å²) in [6, 6.07) is 10.4. The van der Waals surface area contributed by atoms with E-state index in [-0.39, 0.29) is 11.3 Å². The van der Waals surface area contributed by atoms with Gasteiger partial charge in [0.05, 0.1) is 0 Å². The predicted molar refractivity (Wildman–Crippen MR) is 87.2 cm³/mol. The van der Waals surface area contributed by atoms with Crippen molar-refractivity contribution in [2.45, 2.75) is 39.5 Å². The van der Waals surface area contributed by atoms with Crippen LogP contribution in [0.3, 0.4) is 0 Å². The summed E-state index contributed by atoms with van der Waals surface area (Å²) in [5.41, 5.74) is 0.971. The number of piperidine rings is 1. The Bertz CT molecular complexity index is 450. The third kappa shape index (κ3) is 4.07. The summed E-state index contributed by atoms with van der Waals surface area (Å²) in [4.78, 5) is 12.6. The Labute approximate surface area is 128 Å². The molecule has 2 N–H and O–H groups in total. The van der Waals surface area contributed by atoms with Crippen molar-refractivity contribution in [3.8, 4) is 0 Å². The molecule has 1 amide bonds. The minimum absolute atomic E-state index is 0.180. The number of benzene rings is 1. The van der Waals surface area contributed by atoms with Gasteiger partial charge in [0.1, 0.15) is 0 Å². The summed E-state index contributed by atoms with van der Waals surface area (Å²) < 4.78 is 0. The van der Waals surface area contributed by atoms with Crippen LogP contribution in [0.1, 0.15) is 45.1 Å².